The van der Waals surface area contributed by atoms with E-state index in [2.05, 4.69) is 38.1 Å². The molecule has 0 saturated carbocycles. The highest BCUT2D eigenvalue weighted by Crippen LogP contribution is 2.35. The summed E-state index contributed by atoms with van der Waals surface area (Å²) in [6, 6.07) is 14.4. The van der Waals surface area contributed by atoms with Crippen LogP contribution in [0.1, 0.15) is 28.7 Å². The number of hydrogen-bond acceptors (Lipinski definition) is 4. The number of ether oxygens (including phenoxy) is 1. The van der Waals surface area contributed by atoms with Crippen LogP contribution in [0.2, 0.25) is 0 Å². The minimum Gasteiger partial charge on any atom is -0.497 e. The van der Waals surface area contributed by atoms with Crippen LogP contribution in [-0.4, -0.2) is 33.5 Å². The maximum Gasteiger partial charge on any atom is 0.119 e. The third kappa shape index (κ3) is 2.78. The summed E-state index contributed by atoms with van der Waals surface area (Å²) in [5.41, 5.74) is 4.59. The lowest BCUT2D eigenvalue weighted by Crippen LogP contribution is -2.36. The van der Waals surface area contributed by atoms with Crippen molar-refractivity contribution in [2.24, 2.45) is 0 Å². The second kappa shape index (κ2) is 6.45. The molecule has 1 atom stereocenters. The van der Waals surface area contributed by atoms with Crippen LogP contribution in [0.15, 0.2) is 55.0 Å². The number of benzene rings is 1. The molecule has 1 aromatic carbocycles. The van der Waals surface area contributed by atoms with E-state index in [9.17, 15) is 0 Å². The van der Waals surface area contributed by atoms with Gasteiger partial charge in [-0.15, -0.1) is 0 Å². The van der Waals surface area contributed by atoms with Crippen molar-refractivity contribution in [3.63, 3.8) is 0 Å². The number of imidazole rings is 1. The monoisotopic (exact) mass is 320 g/mol. The van der Waals surface area contributed by atoms with Crippen LogP contribution in [0, 0.1) is 0 Å². The van der Waals surface area contributed by atoms with Crippen molar-refractivity contribution in [1.29, 1.82) is 0 Å². The summed E-state index contributed by atoms with van der Waals surface area (Å²) in [7, 11) is 1.70. The van der Waals surface area contributed by atoms with Gasteiger partial charge in [-0.2, -0.15) is 0 Å². The van der Waals surface area contributed by atoms with E-state index in [-0.39, 0.29) is 6.04 Å². The zero-order valence-electron chi connectivity index (χ0n) is 13.6. The first-order valence-electron chi connectivity index (χ1n) is 8.15. The molecular weight excluding hydrogens is 300 g/mol. The minimum atomic E-state index is 0.108. The largest absolute Gasteiger partial charge is 0.497 e. The number of aromatic nitrogens is 3. The Kier molecular flexibility index (Phi) is 4.01. The zero-order chi connectivity index (χ0) is 16.4. The van der Waals surface area contributed by atoms with E-state index in [4.69, 9.17) is 4.74 Å². The van der Waals surface area contributed by atoms with Gasteiger partial charge in [-0.1, -0.05) is 18.2 Å². The van der Waals surface area contributed by atoms with Crippen molar-refractivity contribution in [3.05, 3.63) is 77.6 Å². The first kappa shape index (κ1) is 14.9. The highest BCUT2D eigenvalue weighted by atomic mass is 16.5. The van der Waals surface area contributed by atoms with Gasteiger partial charge in [-0.05, 0) is 29.8 Å². The van der Waals surface area contributed by atoms with Crippen LogP contribution in [-0.2, 0) is 13.0 Å². The number of pyridine rings is 1. The van der Waals surface area contributed by atoms with Gasteiger partial charge in [0, 0.05) is 31.4 Å². The summed E-state index contributed by atoms with van der Waals surface area (Å²) in [6.07, 6.45) is 4.62. The molecule has 1 aliphatic rings. The molecule has 3 heterocycles. The molecule has 1 aliphatic heterocycles. The molecule has 0 aliphatic carbocycles. The van der Waals surface area contributed by atoms with Gasteiger partial charge in [0.25, 0.3) is 0 Å². The van der Waals surface area contributed by atoms with Gasteiger partial charge in [0.05, 0.1) is 30.9 Å². The average Bonchev–Trinajstić information content (AvgIpc) is 3.11. The summed E-state index contributed by atoms with van der Waals surface area (Å²) < 4.78 is 5.41. The molecule has 0 amide bonds. The first-order valence-corrected chi connectivity index (χ1v) is 8.15. The number of aromatic amines is 1. The maximum atomic E-state index is 5.41. The SMILES string of the molecule is COc1cccc(C2c3nc[nH]c3CCN2Cc2ccccn2)c1. The standard InChI is InChI=1S/C19H20N4O/c1-24-16-7-4-5-14(11-16)19-18-17(21-13-22-18)8-10-23(19)12-15-6-2-3-9-20-15/h2-7,9,11,13,19H,8,10,12H2,1H3,(H,21,22). The summed E-state index contributed by atoms with van der Waals surface area (Å²) in [5, 5.41) is 0. The van der Waals surface area contributed by atoms with Crippen molar-refractivity contribution < 1.29 is 4.74 Å². The Morgan fingerprint density at radius 3 is 3.00 bits per heavy atom. The molecule has 0 fully saturated rings. The first-order chi connectivity index (χ1) is 11.8. The Bertz CT molecular complexity index is 815. The predicted molar refractivity (Wildman–Crippen MR) is 91.8 cm³/mol. The molecule has 5 nitrogen and oxygen atoms in total. The maximum absolute atomic E-state index is 5.41. The van der Waals surface area contributed by atoms with Crippen LogP contribution in [0.25, 0.3) is 0 Å². The quantitative estimate of drug-likeness (QED) is 0.803. The predicted octanol–water partition coefficient (Wildman–Crippen LogP) is 2.96. The van der Waals surface area contributed by atoms with E-state index in [1.54, 1.807) is 13.4 Å². The van der Waals surface area contributed by atoms with Crippen molar-refractivity contribution in [2.75, 3.05) is 13.7 Å². The Morgan fingerprint density at radius 1 is 1.21 bits per heavy atom. The number of nitrogens with zero attached hydrogens (tertiary/aromatic N) is 3. The van der Waals surface area contributed by atoms with Crippen molar-refractivity contribution in [3.8, 4) is 5.75 Å². The van der Waals surface area contributed by atoms with Gasteiger partial charge in [0.15, 0.2) is 0 Å². The molecule has 0 radical (unpaired) electrons. The minimum absolute atomic E-state index is 0.108. The molecule has 3 aromatic rings. The lowest BCUT2D eigenvalue weighted by molar-refractivity contribution is 0.197. The number of methoxy groups -OCH3 is 1. The lowest BCUT2D eigenvalue weighted by atomic mass is 9.95. The normalized spacial score (nSPS) is 17.5. The second-order valence-corrected chi connectivity index (χ2v) is 5.99. The summed E-state index contributed by atoms with van der Waals surface area (Å²) >= 11 is 0. The van der Waals surface area contributed by atoms with E-state index < -0.39 is 0 Å². The molecule has 2 aromatic heterocycles. The Hall–Kier alpha value is -2.66. The molecule has 0 saturated heterocycles. The number of H-pyrrole nitrogens is 1. The topological polar surface area (TPSA) is 54.0 Å². The fourth-order valence-corrected chi connectivity index (χ4v) is 3.38. The highest BCUT2D eigenvalue weighted by Gasteiger charge is 2.31. The summed E-state index contributed by atoms with van der Waals surface area (Å²) in [4.78, 5) is 14.8. The van der Waals surface area contributed by atoms with Crippen LogP contribution >= 0.6 is 0 Å². The molecule has 122 valence electrons. The van der Waals surface area contributed by atoms with E-state index in [1.807, 2.05) is 30.5 Å². The van der Waals surface area contributed by atoms with Crippen LogP contribution < -0.4 is 4.74 Å². The van der Waals surface area contributed by atoms with Crippen molar-refractivity contribution >= 4 is 0 Å². The van der Waals surface area contributed by atoms with Gasteiger partial charge in [-0.3, -0.25) is 9.88 Å². The fourth-order valence-electron chi connectivity index (χ4n) is 3.38. The van der Waals surface area contributed by atoms with Crippen molar-refractivity contribution in [2.45, 2.75) is 19.0 Å². The Balaban J connectivity index is 1.72. The number of hydrogen-bond donors (Lipinski definition) is 1. The van der Waals surface area contributed by atoms with Gasteiger partial charge >= 0.3 is 0 Å². The van der Waals surface area contributed by atoms with Crippen LogP contribution in [0.3, 0.4) is 0 Å². The molecule has 0 bridgehead atoms. The molecule has 0 spiro atoms. The molecule has 1 N–H and O–H groups in total. The van der Waals surface area contributed by atoms with E-state index >= 15 is 0 Å². The number of rotatable bonds is 4. The molecule has 1 unspecified atom stereocenters. The van der Waals surface area contributed by atoms with Gasteiger partial charge in [0.2, 0.25) is 0 Å². The fraction of sp³-hybridized carbons (Fsp3) is 0.263. The van der Waals surface area contributed by atoms with Crippen LogP contribution in [0.4, 0.5) is 0 Å². The lowest BCUT2D eigenvalue weighted by Gasteiger charge is -2.35. The van der Waals surface area contributed by atoms with Crippen molar-refractivity contribution in [1.82, 2.24) is 19.9 Å². The third-order valence-corrected chi connectivity index (χ3v) is 4.53. The third-order valence-electron chi connectivity index (χ3n) is 4.53. The second-order valence-electron chi connectivity index (χ2n) is 5.99. The number of nitrogens with one attached hydrogen (secondary N) is 1. The molecule has 24 heavy (non-hydrogen) atoms. The molecule has 5 heteroatoms. The smallest absolute Gasteiger partial charge is 0.119 e. The van der Waals surface area contributed by atoms with Crippen LogP contribution in [0.5, 0.6) is 5.75 Å². The number of fused-ring (bicyclic) bond motifs is 1. The van der Waals surface area contributed by atoms with Gasteiger partial charge < -0.3 is 9.72 Å². The molecule has 4 rings (SSSR count). The van der Waals surface area contributed by atoms with Gasteiger partial charge in [-0.25, -0.2) is 4.98 Å². The van der Waals surface area contributed by atoms with E-state index in [0.29, 0.717) is 0 Å². The molecular formula is C19H20N4O. The van der Waals surface area contributed by atoms with Gasteiger partial charge in [0.1, 0.15) is 5.75 Å². The zero-order valence-corrected chi connectivity index (χ0v) is 13.6. The summed E-state index contributed by atoms with van der Waals surface area (Å²) in [6.45, 7) is 1.77. The van der Waals surface area contributed by atoms with E-state index in [1.165, 1.54) is 11.3 Å². The Morgan fingerprint density at radius 2 is 2.17 bits per heavy atom. The average molecular weight is 320 g/mol. The Labute approximate surface area is 141 Å². The highest BCUT2D eigenvalue weighted by molar-refractivity contribution is 5.37. The van der Waals surface area contributed by atoms with E-state index in [0.717, 1.165) is 36.6 Å². The summed E-state index contributed by atoms with van der Waals surface area (Å²) in [5.74, 6) is 0.868.